The molecule has 9 heavy (non-hydrogen) atoms. The third-order valence-corrected chi connectivity index (χ3v) is 2.50. The van der Waals surface area contributed by atoms with Crippen LogP contribution in [-0.4, -0.2) is 24.1 Å². The van der Waals surface area contributed by atoms with Gasteiger partial charge in [-0.2, -0.15) is 12.6 Å². The molecule has 0 radical (unpaired) electrons. The van der Waals surface area contributed by atoms with Crippen molar-refractivity contribution >= 4 is 31.5 Å². The molecule has 0 aromatic rings. The molecule has 1 rings (SSSR count). The summed E-state index contributed by atoms with van der Waals surface area (Å²) in [5.74, 6) is 0.971. The zero-order valence-electron chi connectivity index (χ0n) is 5.43. The molecular weight excluding hydrogens is 123 g/mol. The van der Waals surface area contributed by atoms with Gasteiger partial charge in [-0.1, -0.05) is 6.92 Å². The normalized spacial score (nSPS) is 35.3. The van der Waals surface area contributed by atoms with E-state index in [1.807, 2.05) is 0 Å². The Morgan fingerprint density at radius 1 is 1.11 bits per heavy atom. The average molecular weight is 138 g/mol. The van der Waals surface area contributed by atoms with Gasteiger partial charge in [-0.25, -0.2) is 0 Å². The van der Waals surface area contributed by atoms with Crippen LogP contribution in [0.2, 0.25) is 0 Å². The molecule has 0 atom stereocenters. The van der Waals surface area contributed by atoms with E-state index in [0.29, 0.717) is 5.25 Å². The predicted octanol–water partition coefficient (Wildman–Crippen LogP) is 1.85. The number of hydrogen-bond acceptors (Lipinski definition) is 1. The van der Waals surface area contributed by atoms with Gasteiger partial charge in [0.15, 0.2) is 0 Å². The second-order valence-corrected chi connectivity index (χ2v) is 3.64. The zero-order chi connectivity index (χ0) is 5.98. The molecular formula is C7H15LiS. The molecule has 0 unspecified atom stereocenters. The molecule has 0 aromatic heterocycles. The standard InChI is InChI=1S/C7H14S.Li.H/c1-6-2-4-7(8)5-3-6;;/h6-8H,2-5H2,1H3;;. The Balaban J connectivity index is 0.000000640. The van der Waals surface area contributed by atoms with E-state index in [1.165, 1.54) is 25.7 Å². The van der Waals surface area contributed by atoms with Crippen LogP contribution in [0.15, 0.2) is 0 Å². The maximum absolute atomic E-state index is 4.40. The van der Waals surface area contributed by atoms with Crippen LogP contribution >= 0.6 is 12.6 Å². The van der Waals surface area contributed by atoms with Gasteiger partial charge >= 0.3 is 18.9 Å². The van der Waals surface area contributed by atoms with E-state index in [1.54, 1.807) is 0 Å². The summed E-state index contributed by atoms with van der Waals surface area (Å²) in [5.41, 5.74) is 0. The van der Waals surface area contributed by atoms with Crippen LogP contribution in [0.4, 0.5) is 0 Å². The summed E-state index contributed by atoms with van der Waals surface area (Å²) in [5, 5.41) is 0.714. The third-order valence-electron chi connectivity index (χ3n) is 1.99. The van der Waals surface area contributed by atoms with Gasteiger partial charge in [-0.15, -0.1) is 0 Å². The van der Waals surface area contributed by atoms with Gasteiger partial charge in [-0.05, 0) is 31.6 Å². The summed E-state index contributed by atoms with van der Waals surface area (Å²) in [6, 6.07) is 0. The second-order valence-electron chi connectivity index (χ2n) is 2.91. The first-order valence-electron chi connectivity index (χ1n) is 3.47. The Kier molecular flexibility index (Phi) is 5.21. The van der Waals surface area contributed by atoms with Gasteiger partial charge in [0, 0.05) is 5.25 Å². The fourth-order valence-corrected chi connectivity index (χ4v) is 1.54. The molecule has 1 fully saturated rings. The van der Waals surface area contributed by atoms with Crippen molar-refractivity contribution in [2.45, 2.75) is 37.9 Å². The van der Waals surface area contributed by atoms with Crippen molar-refractivity contribution in [1.29, 1.82) is 0 Å². The zero-order valence-corrected chi connectivity index (χ0v) is 6.32. The molecule has 0 amide bonds. The average Bonchev–Trinajstić information content (AvgIpc) is 1.77. The molecule has 0 saturated heterocycles. The minimum atomic E-state index is 0. The van der Waals surface area contributed by atoms with Crippen LogP contribution in [0.5, 0.6) is 0 Å². The Morgan fingerprint density at radius 3 is 1.89 bits per heavy atom. The minimum absolute atomic E-state index is 0. The van der Waals surface area contributed by atoms with E-state index in [-0.39, 0.29) is 18.9 Å². The predicted molar refractivity (Wildman–Crippen MR) is 47.6 cm³/mol. The van der Waals surface area contributed by atoms with Crippen LogP contribution in [0.3, 0.4) is 0 Å². The fourth-order valence-electron chi connectivity index (χ4n) is 1.24. The van der Waals surface area contributed by atoms with Gasteiger partial charge in [0.1, 0.15) is 0 Å². The SMILES string of the molecule is CC1CCC(S)CC1.[LiH]. The van der Waals surface area contributed by atoms with E-state index < -0.39 is 0 Å². The monoisotopic (exact) mass is 138 g/mol. The third kappa shape index (κ3) is 3.60. The van der Waals surface area contributed by atoms with E-state index in [9.17, 15) is 0 Å². The molecule has 0 spiro atoms. The van der Waals surface area contributed by atoms with Crippen LogP contribution in [0.1, 0.15) is 32.6 Å². The van der Waals surface area contributed by atoms with Gasteiger partial charge in [-0.3, -0.25) is 0 Å². The molecule has 50 valence electrons. The second kappa shape index (κ2) is 4.72. The number of hydrogen-bond donors (Lipinski definition) is 1. The Bertz CT molecular complexity index is 57.3. The van der Waals surface area contributed by atoms with Crippen molar-refractivity contribution < 1.29 is 0 Å². The number of thiol groups is 1. The molecule has 0 heterocycles. The first-order chi connectivity index (χ1) is 3.79. The summed E-state index contributed by atoms with van der Waals surface area (Å²) < 4.78 is 0. The van der Waals surface area contributed by atoms with Gasteiger partial charge in [0.2, 0.25) is 0 Å². The Morgan fingerprint density at radius 2 is 1.56 bits per heavy atom. The van der Waals surface area contributed by atoms with Crippen molar-refractivity contribution in [2.75, 3.05) is 0 Å². The van der Waals surface area contributed by atoms with Crippen molar-refractivity contribution in [3.05, 3.63) is 0 Å². The summed E-state index contributed by atoms with van der Waals surface area (Å²) in [7, 11) is 0. The quantitative estimate of drug-likeness (QED) is 0.383. The van der Waals surface area contributed by atoms with Gasteiger partial charge < -0.3 is 0 Å². The molecule has 1 aliphatic carbocycles. The summed E-state index contributed by atoms with van der Waals surface area (Å²) in [6.45, 7) is 2.33. The molecule has 1 aliphatic rings. The summed E-state index contributed by atoms with van der Waals surface area (Å²) >= 11 is 4.40. The molecule has 0 bridgehead atoms. The van der Waals surface area contributed by atoms with Crippen molar-refractivity contribution in [3.8, 4) is 0 Å². The first kappa shape index (κ1) is 9.95. The molecule has 2 heteroatoms. The van der Waals surface area contributed by atoms with Crippen molar-refractivity contribution in [2.24, 2.45) is 5.92 Å². The molecule has 0 aromatic carbocycles. The van der Waals surface area contributed by atoms with E-state index in [0.717, 1.165) is 5.92 Å². The van der Waals surface area contributed by atoms with E-state index in [4.69, 9.17) is 0 Å². The van der Waals surface area contributed by atoms with Crippen LogP contribution in [-0.2, 0) is 0 Å². The summed E-state index contributed by atoms with van der Waals surface area (Å²) in [4.78, 5) is 0. The van der Waals surface area contributed by atoms with E-state index in [2.05, 4.69) is 19.6 Å². The van der Waals surface area contributed by atoms with Crippen LogP contribution in [0.25, 0.3) is 0 Å². The van der Waals surface area contributed by atoms with Crippen LogP contribution < -0.4 is 0 Å². The topological polar surface area (TPSA) is 0 Å². The molecule has 1 saturated carbocycles. The molecule has 0 aliphatic heterocycles. The van der Waals surface area contributed by atoms with Crippen molar-refractivity contribution in [3.63, 3.8) is 0 Å². The molecule has 0 N–H and O–H groups in total. The summed E-state index contributed by atoms with van der Waals surface area (Å²) in [6.07, 6.45) is 5.47. The van der Waals surface area contributed by atoms with Gasteiger partial charge in [0.05, 0.1) is 0 Å². The Hall–Kier alpha value is 0.947. The van der Waals surface area contributed by atoms with Gasteiger partial charge in [0.25, 0.3) is 0 Å². The molecule has 0 nitrogen and oxygen atoms in total. The maximum atomic E-state index is 4.40. The van der Waals surface area contributed by atoms with E-state index >= 15 is 0 Å². The number of rotatable bonds is 0. The first-order valence-corrected chi connectivity index (χ1v) is 3.98. The Labute approximate surface area is 75.4 Å². The van der Waals surface area contributed by atoms with Crippen LogP contribution in [0, 0.1) is 5.92 Å². The fraction of sp³-hybridized carbons (Fsp3) is 1.00. The van der Waals surface area contributed by atoms with Crippen molar-refractivity contribution in [1.82, 2.24) is 0 Å².